The molecule has 0 aromatic heterocycles. The number of anilines is 1. The van der Waals surface area contributed by atoms with E-state index in [1.807, 2.05) is 6.92 Å². The molecular formula is C13H20N2O4S. The maximum atomic E-state index is 12.5. The van der Waals surface area contributed by atoms with Crippen LogP contribution in [0.25, 0.3) is 0 Å². The Balaban J connectivity index is 2.30. The number of nitrogens with one attached hydrogen (secondary N) is 1. The highest BCUT2D eigenvalue weighted by Crippen LogP contribution is 2.27. The number of nitrogens with two attached hydrogens (primary N) is 1. The lowest BCUT2D eigenvalue weighted by atomic mass is 10.2. The standard InChI is InChI=1S/C13H20N2O4S/c1-3-18-12-5-4-10(14)8-13(12)20(16,17)15-11-6-7-19-9(11)2/h4-5,8-9,11,15H,3,6-7,14H2,1-2H3. The van der Waals surface area contributed by atoms with Gasteiger partial charge in [0, 0.05) is 12.3 Å². The lowest BCUT2D eigenvalue weighted by Gasteiger charge is -2.18. The zero-order valence-corrected chi connectivity index (χ0v) is 12.4. The van der Waals surface area contributed by atoms with Crippen LogP contribution in [0.5, 0.6) is 5.75 Å². The van der Waals surface area contributed by atoms with Crippen LogP contribution in [0.1, 0.15) is 20.3 Å². The van der Waals surface area contributed by atoms with Gasteiger partial charge < -0.3 is 15.2 Å². The molecule has 2 atom stereocenters. The summed E-state index contributed by atoms with van der Waals surface area (Å²) in [5, 5.41) is 0. The van der Waals surface area contributed by atoms with E-state index in [0.717, 1.165) is 0 Å². The summed E-state index contributed by atoms with van der Waals surface area (Å²) in [7, 11) is -3.69. The zero-order valence-electron chi connectivity index (χ0n) is 11.6. The van der Waals surface area contributed by atoms with E-state index < -0.39 is 10.0 Å². The smallest absolute Gasteiger partial charge is 0.244 e. The third-order valence-electron chi connectivity index (χ3n) is 3.24. The Labute approximate surface area is 119 Å². The first-order valence-electron chi connectivity index (χ1n) is 6.60. The molecule has 1 aliphatic heterocycles. The molecule has 1 aliphatic rings. The van der Waals surface area contributed by atoms with Crippen LogP contribution in [-0.2, 0) is 14.8 Å². The zero-order chi connectivity index (χ0) is 14.8. The topological polar surface area (TPSA) is 90.7 Å². The summed E-state index contributed by atoms with van der Waals surface area (Å²) < 4.78 is 38.3. The van der Waals surface area contributed by atoms with E-state index in [2.05, 4.69) is 4.72 Å². The molecule has 6 nitrogen and oxygen atoms in total. The minimum atomic E-state index is -3.69. The second kappa shape index (κ2) is 5.99. The molecule has 0 radical (unpaired) electrons. The molecule has 0 aliphatic carbocycles. The van der Waals surface area contributed by atoms with E-state index in [9.17, 15) is 8.42 Å². The monoisotopic (exact) mass is 300 g/mol. The van der Waals surface area contributed by atoms with E-state index in [-0.39, 0.29) is 17.0 Å². The molecule has 2 rings (SSSR count). The van der Waals surface area contributed by atoms with Crippen LogP contribution in [0.4, 0.5) is 5.69 Å². The Bertz CT molecular complexity index is 574. The molecule has 1 aromatic carbocycles. The van der Waals surface area contributed by atoms with Gasteiger partial charge in [-0.3, -0.25) is 0 Å². The van der Waals surface area contributed by atoms with Gasteiger partial charge in [0.15, 0.2) is 0 Å². The SMILES string of the molecule is CCOc1ccc(N)cc1S(=O)(=O)NC1CCOC1C. The van der Waals surface area contributed by atoms with Crippen molar-refractivity contribution in [1.29, 1.82) is 0 Å². The minimum Gasteiger partial charge on any atom is -0.492 e. The Morgan fingerprint density at radius 3 is 2.85 bits per heavy atom. The number of hydrogen-bond donors (Lipinski definition) is 2. The molecule has 20 heavy (non-hydrogen) atoms. The van der Waals surface area contributed by atoms with Crippen molar-refractivity contribution in [2.45, 2.75) is 37.3 Å². The summed E-state index contributed by atoms with van der Waals surface area (Å²) in [5.74, 6) is 0.306. The van der Waals surface area contributed by atoms with Crippen LogP contribution in [-0.4, -0.2) is 33.8 Å². The second-order valence-corrected chi connectivity index (χ2v) is 6.41. The van der Waals surface area contributed by atoms with E-state index in [1.165, 1.54) is 6.07 Å². The van der Waals surface area contributed by atoms with E-state index in [0.29, 0.717) is 31.1 Å². The van der Waals surface area contributed by atoms with Gasteiger partial charge in [-0.25, -0.2) is 13.1 Å². The Morgan fingerprint density at radius 1 is 1.50 bits per heavy atom. The summed E-state index contributed by atoms with van der Waals surface area (Å²) in [6.07, 6.45) is 0.522. The van der Waals surface area contributed by atoms with Gasteiger partial charge in [-0.2, -0.15) is 0 Å². The average molecular weight is 300 g/mol. The Kier molecular flexibility index (Phi) is 4.52. The fourth-order valence-electron chi connectivity index (χ4n) is 2.16. The number of nitrogen functional groups attached to an aromatic ring is 1. The largest absolute Gasteiger partial charge is 0.492 e. The molecule has 1 heterocycles. The molecule has 1 saturated heterocycles. The average Bonchev–Trinajstić information content (AvgIpc) is 2.77. The van der Waals surface area contributed by atoms with Gasteiger partial charge in [0.05, 0.1) is 18.8 Å². The van der Waals surface area contributed by atoms with Crippen LogP contribution in [0.15, 0.2) is 23.1 Å². The number of ether oxygens (including phenoxy) is 2. The molecule has 3 N–H and O–H groups in total. The first-order chi connectivity index (χ1) is 9.44. The van der Waals surface area contributed by atoms with Crippen LogP contribution in [0.3, 0.4) is 0 Å². The third kappa shape index (κ3) is 3.23. The van der Waals surface area contributed by atoms with Crippen molar-refractivity contribution in [1.82, 2.24) is 4.72 Å². The molecule has 0 bridgehead atoms. The van der Waals surface area contributed by atoms with Crippen molar-refractivity contribution in [2.75, 3.05) is 18.9 Å². The number of sulfonamides is 1. The highest BCUT2D eigenvalue weighted by atomic mass is 32.2. The lowest BCUT2D eigenvalue weighted by molar-refractivity contribution is 0.117. The normalized spacial score (nSPS) is 22.9. The summed E-state index contributed by atoms with van der Waals surface area (Å²) in [5.41, 5.74) is 6.06. The van der Waals surface area contributed by atoms with Crippen molar-refractivity contribution >= 4 is 15.7 Å². The number of rotatable bonds is 5. The third-order valence-corrected chi connectivity index (χ3v) is 4.75. The highest BCUT2D eigenvalue weighted by Gasteiger charge is 2.30. The van der Waals surface area contributed by atoms with Crippen molar-refractivity contribution in [2.24, 2.45) is 0 Å². The second-order valence-electron chi connectivity index (χ2n) is 4.73. The molecule has 0 saturated carbocycles. The van der Waals surface area contributed by atoms with Gasteiger partial charge >= 0.3 is 0 Å². The van der Waals surface area contributed by atoms with Crippen LogP contribution in [0, 0.1) is 0 Å². The van der Waals surface area contributed by atoms with Gasteiger partial charge in [-0.15, -0.1) is 0 Å². The predicted octanol–water partition coefficient (Wildman–Crippen LogP) is 1.12. The quantitative estimate of drug-likeness (QED) is 0.795. The van der Waals surface area contributed by atoms with Crippen molar-refractivity contribution < 1.29 is 17.9 Å². The van der Waals surface area contributed by atoms with Gasteiger partial charge in [0.1, 0.15) is 10.6 Å². The van der Waals surface area contributed by atoms with Gasteiger partial charge in [-0.05, 0) is 38.5 Å². The molecule has 0 amide bonds. The van der Waals surface area contributed by atoms with Gasteiger partial charge in [0.2, 0.25) is 10.0 Å². The molecule has 0 spiro atoms. The van der Waals surface area contributed by atoms with Gasteiger partial charge in [-0.1, -0.05) is 0 Å². The molecule has 1 fully saturated rings. The first kappa shape index (κ1) is 15.1. The fraction of sp³-hybridized carbons (Fsp3) is 0.538. The van der Waals surface area contributed by atoms with E-state index >= 15 is 0 Å². The molecular weight excluding hydrogens is 280 g/mol. The van der Waals surface area contributed by atoms with E-state index in [1.54, 1.807) is 19.1 Å². The maximum Gasteiger partial charge on any atom is 0.244 e. The number of hydrogen-bond acceptors (Lipinski definition) is 5. The lowest BCUT2D eigenvalue weighted by Crippen LogP contribution is -2.39. The Morgan fingerprint density at radius 2 is 2.25 bits per heavy atom. The number of benzene rings is 1. The molecule has 1 aromatic rings. The highest BCUT2D eigenvalue weighted by molar-refractivity contribution is 7.89. The van der Waals surface area contributed by atoms with Crippen LogP contribution < -0.4 is 15.2 Å². The summed E-state index contributed by atoms with van der Waals surface area (Å²) >= 11 is 0. The van der Waals surface area contributed by atoms with Crippen LogP contribution in [0.2, 0.25) is 0 Å². The van der Waals surface area contributed by atoms with Crippen molar-refractivity contribution in [3.8, 4) is 5.75 Å². The first-order valence-corrected chi connectivity index (χ1v) is 8.08. The predicted molar refractivity (Wildman–Crippen MR) is 76.2 cm³/mol. The minimum absolute atomic E-state index is 0.0680. The van der Waals surface area contributed by atoms with E-state index in [4.69, 9.17) is 15.2 Å². The van der Waals surface area contributed by atoms with Crippen molar-refractivity contribution in [3.05, 3.63) is 18.2 Å². The summed E-state index contributed by atoms with van der Waals surface area (Å²) in [6.45, 7) is 4.59. The molecule has 2 unspecified atom stereocenters. The van der Waals surface area contributed by atoms with Crippen molar-refractivity contribution in [3.63, 3.8) is 0 Å². The summed E-state index contributed by atoms with van der Waals surface area (Å²) in [6, 6.07) is 4.37. The summed E-state index contributed by atoms with van der Waals surface area (Å²) in [4.78, 5) is 0.0680. The van der Waals surface area contributed by atoms with Gasteiger partial charge in [0.25, 0.3) is 0 Å². The maximum absolute atomic E-state index is 12.5. The fourth-order valence-corrected chi connectivity index (χ4v) is 3.68. The van der Waals surface area contributed by atoms with Crippen LogP contribution >= 0.6 is 0 Å². The molecule has 112 valence electrons. The molecule has 7 heteroatoms. The Hall–Kier alpha value is -1.31.